The summed E-state index contributed by atoms with van der Waals surface area (Å²) in [6, 6.07) is 11.0. The first-order chi connectivity index (χ1) is 32.5. The molecule has 0 saturated carbocycles. The van der Waals surface area contributed by atoms with Crippen molar-refractivity contribution in [1.82, 2.24) is 46.8 Å². The number of nitrogens with one attached hydrogen (secondary N) is 7. The van der Waals surface area contributed by atoms with Crippen molar-refractivity contribution < 1.29 is 47.8 Å². The van der Waals surface area contributed by atoms with Crippen LogP contribution in [0, 0.1) is 24.2 Å². The molecule has 19 nitrogen and oxygen atoms in total. The standard InChI is InChI=1S/C49H68N9O10/c1-8-32(7)41(47(64)57-45(62)39-22-16-17-23-58(39)49(66)67-9-2)56-46(63)40(31(5)6)55-44(61)36(24-30(3)4)52-43(60)38(26-35-27-50-29-51-35)53-42(59)37(25-33-18-12-10-13-19-33)54-48(65)68-28-34-20-14-11-15-21-34/h10-16,18-21,27,29-32,36-41H,8-9,17,22-26,28H2,1-7H3,(H,50,51)(H,52,60)(H,53,59)(H,54,65)(H,55,61)(H,56,63)(H,57,62,64)/t32-,36-,37-,38-,39?,40-,41-/m0/s1. The monoisotopic (exact) mass is 943 g/mol. The molecule has 0 bridgehead atoms. The maximum absolute atomic E-state index is 14.3. The van der Waals surface area contributed by atoms with Crippen molar-refractivity contribution in [3.8, 4) is 0 Å². The fourth-order valence-electron chi connectivity index (χ4n) is 7.51. The van der Waals surface area contributed by atoms with Crippen LogP contribution in [0.1, 0.15) is 91.0 Å². The second-order valence-corrected chi connectivity index (χ2v) is 17.6. The van der Waals surface area contributed by atoms with E-state index in [1.807, 2.05) is 51.5 Å². The van der Waals surface area contributed by atoms with Gasteiger partial charge in [-0.2, -0.15) is 0 Å². The molecular formula is C49H68N9O10. The van der Waals surface area contributed by atoms with Gasteiger partial charge in [0.15, 0.2) is 0 Å². The molecule has 1 saturated heterocycles. The summed E-state index contributed by atoms with van der Waals surface area (Å²) in [6.45, 7) is 12.6. The molecule has 68 heavy (non-hydrogen) atoms. The van der Waals surface area contributed by atoms with Gasteiger partial charge in [-0.25, -0.2) is 14.6 Å². The Kier molecular flexibility index (Phi) is 21.5. The van der Waals surface area contributed by atoms with Gasteiger partial charge in [0, 0.05) is 25.6 Å². The van der Waals surface area contributed by atoms with Crippen LogP contribution in [0.4, 0.5) is 9.59 Å². The lowest BCUT2D eigenvalue weighted by Gasteiger charge is -2.34. The van der Waals surface area contributed by atoms with Gasteiger partial charge < -0.3 is 41.0 Å². The third-order valence-corrected chi connectivity index (χ3v) is 11.5. The van der Waals surface area contributed by atoms with Crippen LogP contribution in [0.5, 0.6) is 0 Å². The van der Waals surface area contributed by atoms with Crippen molar-refractivity contribution in [2.24, 2.45) is 17.8 Å². The van der Waals surface area contributed by atoms with Crippen LogP contribution < -0.4 is 31.9 Å². The van der Waals surface area contributed by atoms with Crippen LogP contribution in [-0.2, 0) is 57.7 Å². The minimum absolute atomic E-state index is 0.0395. The van der Waals surface area contributed by atoms with Gasteiger partial charge in [-0.05, 0) is 61.5 Å². The van der Waals surface area contributed by atoms with Gasteiger partial charge in [0.25, 0.3) is 0 Å². The third kappa shape index (κ3) is 16.8. The van der Waals surface area contributed by atoms with Crippen LogP contribution in [0.25, 0.3) is 0 Å². The number of aromatic nitrogens is 2. The number of rotatable bonds is 23. The molecule has 7 atom stereocenters. The molecular weight excluding hydrogens is 875 g/mol. The number of carbonyl (C=O) groups is 8. The fraction of sp³-hybridized carbons (Fsp3) is 0.510. The summed E-state index contributed by atoms with van der Waals surface area (Å²) in [4.78, 5) is 118. The van der Waals surface area contributed by atoms with E-state index in [0.717, 1.165) is 11.1 Å². The number of likely N-dealkylation sites (tertiary alicyclic amines) is 1. The second kappa shape index (κ2) is 27.1. The smallest absolute Gasteiger partial charge is 0.410 e. The molecule has 1 unspecified atom stereocenters. The number of imide groups is 1. The number of aromatic amines is 1. The zero-order valence-corrected chi connectivity index (χ0v) is 40.0. The number of carbonyl (C=O) groups excluding carboxylic acids is 8. The van der Waals surface area contributed by atoms with E-state index in [-0.39, 0.29) is 51.4 Å². The van der Waals surface area contributed by atoms with Crippen molar-refractivity contribution >= 4 is 47.6 Å². The minimum Gasteiger partial charge on any atom is -0.450 e. The molecule has 1 aromatic heterocycles. The fourth-order valence-corrected chi connectivity index (χ4v) is 7.51. The van der Waals surface area contributed by atoms with E-state index in [9.17, 15) is 38.4 Å². The highest BCUT2D eigenvalue weighted by atomic mass is 16.6. The first-order valence-electron chi connectivity index (χ1n) is 23.3. The average Bonchev–Trinajstić information content (AvgIpc) is 3.84. The van der Waals surface area contributed by atoms with Gasteiger partial charge in [-0.15, -0.1) is 0 Å². The number of hydrogen-bond acceptors (Lipinski definition) is 11. The van der Waals surface area contributed by atoms with Gasteiger partial charge in [-0.3, -0.25) is 39.0 Å². The lowest BCUT2D eigenvalue weighted by Crippen LogP contribution is -2.62. The van der Waals surface area contributed by atoms with Crippen molar-refractivity contribution in [3.63, 3.8) is 0 Å². The number of piperidine rings is 1. The molecule has 3 aromatic rings. The number of ether oxygens (including phenoxy) is 2. The van der Waals surface area contributed by atoms with E-state index in [4.69, 9.17) is 9.47 Å². The summed E-state index contributed by atoms with van der Waals surface area (Å²) in [5.41, 5.74) is 1.90. The van der Waals surface area contributed by atoms with E-state index < -0.39 is 95.7 Å². The molecule has 7 N–H and O–H groups in total. The normalized spacial score (nSPS) is 16.2. The molecule has 8 amide bonds. The maximum atomic E-state index is 14.3. The van der Waals surface area contributed by atoms with E-state index >= 15 is 0 Å². The van der Waals surface area contributed by atoms with Gasteiger partial charge >= 0.3 is 12.2 Å². The Hall–Kier alpha value is -6.79. The number of H-pyrrole nitrogens is 1. The largest absolute Gasteiger partial charge is 0.450 e. The lowest BCUT2D eigenvalue weighted by atomic mass is 9.95. The number of hydrogen-bond donors (Lipinski definition) is 7. The molecule has 2 aromatic carbocycles. The minimum atomic E-state index is -1.29. The van der Waals surface area contributed by atoms with Crippen LogP contribution in [0.3, 0.4) is 0 Å². The van der Waals surface area contributed by atoms with E-state index in [2.05, 4.69) is 41.9 Å². The van der Waals surface area contributed by atoms with Crippen LogP contribution in [0.2, 0.25) is 0 Å². The van der Waals surface area contributed by atoms with E-state index in [1.54, 1.807) is 70.3 Å². The molecule has 19 heteroatoms. The number of benzene rings is 2. The Morgan fingerprint density at radius 2 is 1.31 bits per heavy atom. The van der Waals surface area contributed by atoms with E-state index in [1.165, 1.54) is 11.2 Å². The molecule has 4 rings (SSSR count). The Morgan fingerprint density at radius 3 is 1.90 bits per heavy atom. The summed E-state index contributed by atoms with van der Waals surface area (Å²) in [5, 5.41) is 16.1. The van der Waals surface area contributed by atoms with Gasteiger partial charge in [0.1, 0.15) is 42.9 Å². The van der Waals surface area contributed by atoms with Gasteiger partial charge in [-0.1, -0.05) is 109 Å². The summed E-state index contributed by atoms with van der Waals surface area (Å²) in [6.07, 6.45) is 4.64. The third-order valence-electron chi connectivity index (χ3n) is 11.5. The predicted molar refractivity (Wildman–Crippen MR) is 252 cm³/mol. The zero-order valence-electron chi connectivity index (χ0n) is 40.0. The second-order valence-electron chi connectivity index (χ2n) is 17.6. The number of alkyl carbamates (subject to hydrolysis) is 1. The predicted octanol–water partition coefficient (Wildman–Crippen LogP) is 3.65. The molecule has 2 heterocycles. The Morgan fingerprint density at radius 1 is 0.706 bits per heavy atom. The molecule has 0 spiro atoms. The Labute approximate surface area is 398 Å². The average molecular weight is 943 g/mol. The topological polar surface area (TPSA) is 259 Å². The SMILES string of the molecule is CCOC(=O)N1CC[CH]CC1C(=O)NC(=O)[C@@H](NC(=O)[C@@H](NC(=O)[C@H](CC(C)C)NC(=O)[C@H](Cc1c[nH]cn1)NC(=O)[C@H](Cc1ccccc1)NC(=O)OCc1ccccc1)C(C)C)[C@@H](C)CC. The summed E-state index contributed by atoms with van der Waals surface area (Å²) in [5.74, 6) is -5.39. The van der Waals surface area contributed by atoms with Gasteiger partial charge in [0.2, 0.25) is 35.4 Å². The van der Waals surface area contributed by atoms with Crippen molar-refractivity contribution in [3.05, 3.63) is 96.4 Å². The lowest BCUT2D eigenvalue weighted by molar-refractivity contribution is -0.138. The number of nitrogens with zero attached hydrogens (tertiary/aromatic N) is 2. The first kappa shape index (κ1) is 53.8. The molecule has 1 aliphatic rings. The summed E-state index contributed by atoms with van der Waals surface area (Å²) < 4.78 is 10.5. The highest BCUT2D eigenvalue weighted by Crippen LogP contribution is 2.19. The summed E-state index contributed by atoms with van der Waals surface area (Å²) >= 11 is 0. The molecule has 1 fully saturated rings. The van der Waals surface area contributed by atoms with Crippen LogP contribution in [0.15, 0.2) is 73.2 Å². The first-order valence-corrected chi connectivity index (χ1v) is 23.3. The molecule has 1 aliphatic heterocycles. The van der Waals surface area contributed by atoms with E-state index in [0.29, 0.717) is 18.5 Å². The Balaban J connectivity index is 1.50. The molecule has 1 radical (unpaired) electrons. The number of imidazole rings is 1. The molecule has 369 valence electrons. The van der Waals surface area contributed by atoms with Gasteiger partial charge in [0.05, 0.1) is 18.6 Å². The van der Waals surface area contributed by atoms with Crippen molar-refractivity contribution in [2.75, 3.05) is 13.2 Å². The maximum Gasteiger partial charge on any atom is 0.410 e. The Bertz CT molecular complexity index is 2120. The quantitative estimate of drug-likeness (QED) is 0.0722. The molecule has 0 aliphatic carbocycles. The highest BCUT2D eigenvalue weighted by molar-refractivity contribution is 6.03. The summed E-state index contributed by atoms with van der Waals surface area (Å²) in [7, 11) is 0. The van der Waals surface area contributed by atoms with Crippen LogP contribution in [-0.4, -0.2) is 112 Å². The van der Waals surface area contributed by atoms with Crippen molar-refractivity contribution in [2.45, 2.75) is 130 Å². The number of amides is 8. The van der Waals surface area contributed by atoms with Crippen molar-refractivity contribution in [1.29, 1.82) is 0 Å². The highest BCUT2D eigenvalue weighted by Gasteiger charge is 2.38. The zero-order chi connectivity index (χ0) is 49.8. The van der Waals surface area contributed by atoms with Crippen LogP contribution >= 0.6 is 0 Å².